The van der Waals surface area contributed by atoms with Crippen molar-refractivity contribution in [3.8, 4) is 6.07 Å². The minimum Gasteiger partial charge on any atom is -0.308 e. The van der Waals surface area contributed by atoms with Crippen LogP contribution in [0.15, 0.2) is 48.5 Å². The van der Waals surface area contributed by atoms with E-state index in [0.717, 1.165) is 25.1 Å². The van der Waals surface area contributed by atoms with Gasteiger partial charge in [-0.1, -0.05) is 18.2 Å². The summed E-state index contributed by atoms with van der Waals surface area (Å²) in [5, 5.41) is 8.80. The normalized spacial score (nSPS) is 13.4. The summed E-state index contributed by atoms with van der Waals surface area (Å²) < 4.78 is 0. The van der Waals surface area contributed by atoms with Gasteiger partial charge >= 0.3 is 0 Å². The van der Waals surface area contributed by atoms with Crippen LogP contribution in [0.25, 0.3) is 0 Å². The quantitative estimate of drug-likeness (QED) is 0.792. The molecule has 0 N–H and O–H groups in total. The van der Waals surface area contributed by atoms with Crippen LogP contribution >= 0.6 is 0 Å². The molecule has 0 atom stereocenters. The Morgan fingerprint density at radius 3 is 2.60 bits per heavy atom. The number of fused-ring (bicyclic) bond motifs is 1. The number of anilines is 1. The molecule has 2 aromatic carbocycles. The van der Waals surface area contributed by atoms with Gasteiger partial charge in [0.2, 0.25) is 0 Å². The zero-order valence-electron chi connectivity index (χ0n) is 11.0. The maximum absolute atomic E-state index is 12.6. The molecule has 0 fully saturated rings. The molecule has 1 heterocycles. The van der Waals surface area contributed by atoms with Crippen LogP contribution in [0.1, 0.15) is 27.9 Å². The van der Waals surface area contributed by atoms with Crippen LogP contribution < -0.4 is 4.90 Å². The molecule has 0 radical (unpaired) electrons. The number of nitriles is 1. The van der Waals surface area contributed by atoms with Crippen molar-refractivity contribution < 1.29 is 4.79 Å². The molecule has 1 amide bonds. The molecule has 0 saturated heterocycles. The third kappa shape index (κ3) is 2.17. The summed E-state index contributed by atoms with van der Waals surface area (Å²) in [6.07, 6.45) is 2.01. The van der Waals surface area contributed by atoms with Crippen molar-refractivity contribution in [2.24, 2.45) is 0 Å². The molecule has 0 saturated carbocycles. The van der Waals surface area contributed by atoms with E-state index < -0.39 is 0 Å². The summed E-state index contributed by atoms with van der Waals surface area (Å²) in [5.41, 5.74) is 3.43. The van der Waals surface area contributed by atoms with E-state index in [1.807, 2.05) is 23.1 Å². The van der Waals surface area contributed by atoms with Gasteiger partial charge in [0.05, 0.1) is 11.6 Å². The standard InChI is InChI=1S/C17H14N2O/c18-12-13-7-9-15(10-8-13)17(20)19-11-3-5-14-4-1-2-6-16(14)19/h1-2,4,6-10H,3,5,11H2. The first-order chi connectivity index (χ1) is 9.79. The van der Waals surface area contributed by atoms with Crippen LogP contribution in [-0.4, -0.2) is 12.5 Å². The third-order valence-corrected chi connectivity index (χ3v) is 3.62. The fraction of sp³-hybridized carbons (Fsp3) is 0.176. The van der Waals surface area contributed by atoms with Gasteiger partial charge in [0, 0.05) is 17.8 Å². The zero-order valence-corrected chi connectivity index (χ0v) is 11.0. The van der Waals surface area contributed by atoms with Gasteiger partial charge in [-0.05, 0) is 48.7 Å². The maximum Gasteiger partial charge on any atom is 0.258 e. The predicted octanol–water partition coefficient (Wildman–Crippen LogP) is 3.15. The summed E-state index contributed by atoms with van der Waals surface area (Å²) in [4.78, 5) is 14.4. The molecule has 3 heteroatoms. The highest BCUT2D eigenvalue weighted by Gasteiger charge is 2.22. The minimum absolute atomic E-state index is 0.00152. The lowest BCUT2D eigenvalue weighted by Crippen LogP contribution is -2.35. The van der Waals surface area contributed by atoms with Crippen LogP contribution in [0.5, 0.6) is 0 Å². The van der Waals surface area contributed by atoms with Crippen LogP contribution in [-0.2, 0) is 6.42 Å². The molecule has 0 aliphatic carbocycles. The van der Waals surface area contributed by atoms with Gasteiger partial charge in [0.25, 0.3) is 5.91 Å². The lowest BCUT2D eigenvalue weighted by Gasteiger charge is -2.29. The van der Waals surface area contributed by atoms with Gasteiger partial charge in [0.1, 0.15) is 0 Å². The highest BCUT2D eigenvalue weighted by molar-refractivity contribution is 6.06. The van der Waals surface area contributed by atoms with Crippen LogP contribution in [0.2, 0.25) is 0 Å². The number of carbonyl (C=O) groups is 1. The van der Waals surface area contributed by atoms with Gasteiger partial charge in [-0.2, -0.15) is 5.26 Å². The molecule has 3 nitrogen and oxygen atoms in total. The monoisotopic (exact) mass is 262 g/mol. The minimum atomic E-state index is 0.00152. The molecule has 0 unspecified atom stereocenters. The van der Waals surface area contributed by atoms with E-state index in [1.165, 1.54) is 5.56 Å². The van der Waals surface area contributed by atoms with Crippen molar-refractivity contribution in [3.63, 3.8) is 0 Å². The highest BCUT2D eigenvalue weighted by atomic mass is 16.2. The Balaban J connectivity index is 1.93. The van der Waals surface area contributed by atoms with E-state index >= 15 is 0 Å². The number of carbonyl (C=O) groups excluding carboxylic acids is 1. The van der Waals surface area contributed by atoms with Gasteiger partial charge in [-0.15, -0.1) is 0 Å². The smallest absolute Gasteiger partial charge is 0.258 e. The molecule has 20 heavy (non-hydrogen) atoms. The van der Waals surface area contributed by atoms with Crippen molar-refractivity contribution in [2.45, 2.75) is 12.8 Å². The topological polar surface area (TPSA) is 44.1 Å². The molecule has 1 aliphatic rings. The first-order valence-corrected chi connectivity index (χ1v) is 6.69. The van der Waals surface area contributed by atoms with E-state index in [2.05, 4.69) is 12.1 Å². The van der Waals surface area contributed by atoms with Crippen LogP contribution in [0.3, 0.4) is 0 Å². The van der Waals surface area contributed by atoms with E-state index in [1.54, 1.807) is 24.3 Å². The van der Waals surface area contributed by atoms with Gasteiger partial charge in [0.15, 0.2) is 0 Å². The number of nitrogens with zero attached hydrogens (tertiary/aromatic N) is 2. The largest absolute Gasteiger partial charge is 0.308 e. The summed E-state index contributed by atoms with van der Waals surface area (Å²) in [7, 11) is 0. The summed E-state index contributed by atoms with van der Waals surface area (Å²) in [5.74, 6) is 0.00152. The molecule has 0 aromatic heterocycles. The van der Waals surface area contributed by atoms with Gasteiger partial charge in [-0.25, -0.2) is 0 Å². The second-order valence-electron chi connectivity index (χ2n) is 4.88. The summed E-state index contributed by atoms with van der Waals surface area (Å²) in [6.45, 7) is 0.746. The molecule has 0 spiro atoms. The molecule has 98 valence electrons. The Kier molecular flexibility index (Phi) is 3.22. The average Bonchev–Trinajstić information content (AvgIpc) is 2.54. The number of hydrogen-bond acceptors (Lipinski definition) is 2. The lowest BCUT2D eigenvalue weighted by molar-refractivity contribution is 0.0985. The predicted molar refractivity (Wildman–Crippen MR) is 77.6 cm³/mol. The second kappa shape index (κ2) is 5.18. The fourth-order valence-electron chi connectivity index (χ4n) is 2.59. The number of hydrogen-bond donors (Lipinski definition) is 0. The van der Waals surface area contributed by atoms with Crippen molar-refractivity contribution in [3.05, 3.63) is 65.2 Å². The van der Waals surface area contributed by atoms with Gasteiger partial charge < -0.3 is 4.90 Å². The first kappa shape index (κ1) is 12.4. The number of aryl methyl sites for hydroxylation is 1. The van der Waals surface area contributed by atoms with Gasteiger partial charge in [-0.3, -0.25) is 4.79 Å². The molecule has 2 aromatic rings. The third-order valence-electron chi connectivity index (χ3n) is 3.62. The van der Waals surface area contributed by atoms with E-state index in [0.29, 0.717) is 11.1 Å². The number of amides is 1. The number of rotatable bonds is 1. The van der Waals surface area contributed by atoms with Crippen LogP contribution in [0, 0.1) is 11.3 Å². The SMILES string of the molecule is N#Cc1ccc(C(=O)N2CCCc3ccccc32)cc1. The Bertz CT molecular complexity index is 683. The number of para-hydroxylation sites is 1. The Morgan fingerprint density at radius 2 is 1.85 bits per heavy atom. The molecule has 0 bridgehead atoms. The van der Waals surface area contributed by atoms with E-state index in [4.69, 9.17) is 5.26 Å². The van der Waals surface area contributed by atoms with Crippen molar-refractivity contribution in [1.29, 1.82) is 5.26 Å². The van der Waals surface area contributed by atoms with Crippen LogP contribution in [0.4, 0.5) is 5.69 Å². The second-order valence-corrected chi connectivity index (χ2v) is 4.88. The highest BCUT2D eigenvalue weighted by Crippen LogP contribution is 2.28. The molecular formula is C17H14N2O. The van der Waals surface area contributed by atoms with Crippen molar-refractivity contribution in [2.75, 3.05) is 11.4 Å². The molecule has 3 rings (SSSR count). The molecular weight excluding hydrogens is 248 g/mol. The van der Waals surface area contributed by atoms with Crippen molar-refractivity contribution >= 4 is 11.6 Å². The van der Waals surface area contributed by atoms with E-state index in [-0.39, 0.29) is 5.91 Å². The van der Waals surface area contributed by atoms with E-state index in [9.17, 15) is 4.79 Å². The van der Waals surface area contributed by atoms with Crippen molar-refractivity contribution in [1.82, 2.24) is 0 Å². The Labute approximate surface area is 118 Å². The maximum atomic E-state index is 12.6. The Hall–Kier alpha value is -2.60. The number of benzene rings is 2. The summed E-state index contributed by atoms with van der Waals surface area (Å²) in [6, 6.07) is 16.9. The fourth-order valence-corrected chi connectivity index (χ4v) is 2.59. The summed E-state index contributed by atoms with van der Waals surface area (Å²) >= 11 is 0. The first-order valence-electron chi connectivity index (χ1n) is 6.69. The lowest BCUT2D eigenvalue weighted by atomic mass is 10.0. The molecule has 1 aliphatic heterocycles. The Morgan fingerprint density at radius 1 is 1.10 bits per heavy atom. The zero-order chi connectivity index (χ0) is 13.9. The average molecular weight is 262 g/mol.